The molecule has 0 saturated carbocycles. The van der Waals surface area contributed by atoms with Crippen LogP contribution in [-0.2, 0) is 0 Å². The molecule has 0 aliphatic carbocycles. The van der Waals surface area contributed by atoms with Crippen LogP contribution < -0.4 is 5.32 Å². The van der Waals surface area contributed by atoms with Crippen molar-refractivity contribution in [1.82, 2.24) is 19.7 Å². The van der Waals surface area contributed by atoms with Gasteiger partial charge in [-0.05, 0) is 49.1 Å². The van der Waals surface area contributed by atoms with Crippen molar-refractivity contribution in [2.75, 3.05) is 25.0 Å². The molecule has 0 bridgehead atoms. The Morgan fingerprint density at radius 3 is 2.31 bits per heavy atom. The number of aliphatic hydroxyl groups is 1. The molecule has 0 unspecified atom stereocenters. The zero-order chi connectivity index (χ0) is 24.9. The molecular weight excluding hydrogens is 454 g/mol. The lowest BCUT2D eigenvalue weighted by molar-refractivity contribution is 0.0650. The second-order valence-corrected chi connectivity index (χ2v) is 8.83. The molecule has 2 amide bonds. The summed E-state index contributed by atoms with van der Waals surface area (Å²) in [7, 11) is 0. The summed E-state index contributed by atoms with van der Waals surface area (Å²) in [5, 5.41) is 16.7. The van der Waals surface area contributed by atoms with E-state index in [0.717, 1.165) is 24.1 Å². The fourth-order valence-corrected chi connectivity index (χ4v) is 4.35. The Morgan fingerprint density at radius 1 is 0.917 bits per heavy atom. The Balaban J connectivity index is 1.37. The molecule has 1 aliphatic rings. The smallest absolute Gasteiger partial charge is 0.295 e. The maximum Gasteiger partial charge on any atom is 0.295 e. The third-order valence-corrected chi connectivity index (χ3v) is 6.37. The molecule has 2 heterocycles. The SMILES string of the molecule is O=C(Nc1cccc(C(=O)N2CCC(CO)CC2)c1)c1nc(-c2ccccc2)n(-c2ccccc2)n1. The van der Waals surface area contributed by atoms with Crippen molar-refractivity contribution in [2.24, 2.45) is 5.92 Å². The molecule has 5 rings (SSSR count). The molecule has 1 aliphatic heterocycles. The molecule has 0 atom stereocenters. The molecule has 36 heavy (non-hydrogen) atoms. The van der Waals surface area contributed by atoms with Crippen LogP contribution in [0.15, 0.2) is 84.9 Å². The lowest BCUT2D eigenvalue weighted by Crippen LogP contribution is -2.39. The number of hydrogen-bond donors (Lipinski definition) is 2. The van der Waals surface area contributed by atoms with Gasteiger partial charge in [-0.15, -0.1) is 5.10 Å². The van der Waals surface area contributed by atoms with Gasteiger partial charge in [-0.2, -0.15) is 0 Å². The first-order chi connectivity index (χ1) is 17.6. The number of aromatic nitrogens is 3. The number of benzene rings is 3. The molecule has 0 spiro atoms. The highest BCUT2D eigenvalue weighted by atomic mass is 16.3. The zero-order valence-electron chi connectivity index (χ0n) is 19.7. The Hall–Kier alpha value is -4.30. The van der Waals surface area contributed by atoms with Gasteiger partial charge in [0.05, 0.1) is 5.69 Å². The van der Waals surface area contributed by atoms with Crippen molar-refractivity contribution in [3.05, 3.63) is 96.3 Å². The van der Waals surface area contributed by atoms with E-state index in [1.165, 1.54) is 0 Å². The van der Waals surface area contributed by atoms with E-state index in [9.17, 15) is 14.7 Å². The van der Waals surface area contributed by atoms with Gasteiger partial charge in [-0.3, -0.25) is 9.59 Å². The minimum absolute atomic E-state index is 0.0283. The normalized spacial score (nSPS) is 14.0. The molecule has 8 heteroatoms. The highest BCUT2D eigenvalue weighted by Gasteiger charge is 2.24. The maximum absolute atomic E-state index is 13.1. The highest BCUT2D eigenvalue weighted by Crippen LogP contribution is 2.23. The van der Waals surface area contributed by atoms with Gasteiger partial charge in [0.15, 0.2) is 5.82 Å². The summed E-state index contributed by atoms with van der Waals surface area (Å²) < 4.78 is 1.65. The summed E-state index contributed by atoms with van der Waals surface area (Å²) in [5.74, 6) is 0.293. The predicted molar refractivity (Wildman–Crippen MR) is 137 cm³/mol. The first-order valence-electron chi connectivity index (χ1n) is 12.0. The number of aliphatic hydroxyl groups excluding tert-OH is 1. The van der Waals surface area contributed by atoms with Crippen molar-refractivity contribution >= 4 is 17.5 Å². The molecule has 4 aromatic rings. The van der Waals surface area contributed by atoms with Crippen molar-refractivity contribution in [2.45, 2.75) is 12.8 Å². The largest absolute Gasteiger partial charge is 0.396 e. The van der Waals surface area contributed by atoms with E-state index in [4.69, 9.17) is 0 Å². The molecule has 182 valence electrons. The third-order valence-electron chi connectivity index (χ3n) is 6.37. The molecule has 1 fully saturated rings. The molecule has 2 N–H and O–H groups in total. The summed E-state index contributed by atoms with van der Waals surface area (Å²) in [6, 6.07) is 26.0. The minimum atomic E-state index is -0.463. The molecule has 1 saturated heterocycles. The average molecular weight is 482 g/mol. The van der Waals surface area contributed by atoms with Crippen molar-refractivity contribution < 1.29 is 14.7 Å². The molecule has 1 aromatic heterocycles. The number of para-hydroxylation sites is 1. The monoisotopic (exact) mass is 481 g/mol. The summed E-state index contributed by atoms with van der Waals surface area (Å²) in [4.78, 5) is 32.5. The summed E-state index contributed by atoms with van der Waals surface area (Å²) >= 11 is 0. The second-order valence-electron chi connectivity index (χ2n) is 8.83. The van der Waals surface area contributed by atoms with Gasteiger partial charge in [-0.25, -0.2) is 9.67 Å². The van der Waals surface area contributed by atoms with E-state index >= 15 is 0 Å². The topological polar surface area (TPSA) is 100 Å². The average Bonchev–Trinajstić information content (AvgIpc) is 3.40. The lowest BCUT2D eigenvalue weighted by Gasteiger charge is -2.31. The number of likely N-dealkylation sites (tertiary alicyclic amines) is 1. The molecular formula is C28H27N5O3. The standard InChI is InChI=1S/C28H27N5O3/c34-19-20-14-16-32(17-15-20)28(36)22-10-7-11-23(18-22)29-27(35)25-30-26(21-8-3-1-4-9-21)33(31-25)24-12-5-2-6-13-24/h1-13,18,20,34H,14-17,19H2,(H,29,35). The molecule has 0 radical (unpaired) electrons. The van der Waals surface area contributed by atoms with Gasteiger partial charge < -0.3 is 15.3 Å². The maximum atomic E-state index is 13.1. The highest BCUT2D eigenvalue weighted by molar-refractivity contribution is 6.03. The van der Waals surface area contributed by atoms with Crippen LogP contribution in [0, 0.1) is 5.92 Å². The number of piperidine rings is 1. The fraction of sp³-hybridized carbons (Fsp3) is 0.214. The predicted octanol–water partition coefficient (Wildman–Crippen LogP) is 4.03. The second kappa shape index (κ2) is 10.5. The number of nitrogens with one attached hydrogen (secondary N) is 1. The number of carbonyl (C=O) groups is 2. The summed E-state index contributed by atoms with van der Waals surface area (Å²) in [6.07, 6.45) is 1.58. The van der Waals surface area contributed by atoms with Gasteiger partial charge in [-0.1, -0.05) is 54.6 Å². The van der Waals surface area contributed by atoms with Crippen molar-refractivity contribution in [1.29, 1.82) is 0 Å². The van der Waals surface area contributed by atoms with Gasteiger partial charge in [0.2, 0.25) is 5.82 Å². The minimum Gasteiger partial charge on any atom is -0.396 e. The van der Waals surface area contributed by atoms with E-state index in [-0.39, 0.29) is 24.3 Å². The summed E-state index contributed by atoms with van der Waals surface area (Å²) in [6.45, 7) is 1.39. The number of rotatable bonds is 6. The van der Waals surface area contributed by atoms with Gasteiger partial charge in [0.25, 0.3) is 11.8 Å². The Morgan fingerprint density at radius 2 is 1.61 bits per heavy atom. The van der Waals surface area contributed by atoms with Crippen molar-refractivity contribution in [3.8, 4) is 17.1 Å². The van der Waals surface area contributed by atoms with Crippen LogP contribution in [0.1, 0.15) is 33.8 Å². The van der Waals surface area contributed by atoms with E-state index in [0.29, 0.717) is 30.2 Å². The number of nitrogens with zero attached hydrogens (tertiary/aromatic N) is 4. The van der Waals surface area contributed by atoms with E-state index in [1.807, 2.05) is 60.7 Å². The summed E-state index contributed by atoms with van der Waals surface area (Å²) in [5.41, 5.74) is 2.63. The fourth-order valence-electron chi connectivity index (χ4n) is 4.35. The zero-order valence-corrected chi connectivity index (χ0v) is 19.7. The third kappa shape index (κ3) is 5.04. The van der Waals surface area contributed by atoms with E-state index in [1.54, 1.807) is 33.8 Å². The Bertz CT molecular complexity index is 1290. The Kier molecular flexibility index (Phi) is 6.86. The lowest BCUT2D eigenvalue weighted by atomic mass is 9.97. The van der Waals surface area contributed by atoms with Gasteiger partial charge >= 0.3 is 0 Å². The number of carbonyl (C=O) groups excluding carboxylic acids is 2. The van der Waals surface area contributed by atoms with Crippen LogP contribution in [-0.4, -0.2) is 56.3 Å². The Labute approximate surface area is 209 Å². The molecule has 8 nitrogen and oxygen atoms in total. The first-order valence-corrected chi connectivity index (χ1v) is 12.0. The first kappa shape index (κ1) is 23.4. The van der Waals surface area contributed by atoms with E-state index < -0.39 is 5.91 Å². The van der Waals surface area contributed by atoms with Gasteiger partial charge in [0, 0.05) is 36.5 Å². The van der Waals surface area contributed by atoms with E-state index in [2.05, 4.69) is 15.4 Å². The quantitative estimate of drug-likeness (QED) is 0.433. The van der Waals surface area contributed by atoms with Crippen LogP contribution >= 0.6 is 0 Å². The number of hydrogen-bond acceptors (Lipinski definition) is 5. The molecule has 3 aromatic carbocycles. The van der Waals surface area contributed by atoms with Crippen LogP contribution in [0.2, 0.25) is 0 Å². The van der Waals surface area contributed by atoms with Crippen LogP contribution in [0.5, 0.6) is 0 Å². The van der Waals surface area contributed by atoms with Gasteiger partial charge in [0.1, 0.15) is 0 Å². The number of amides is 2. The number of anilines is 1. The van der Waals surface area contributed by atoms with Crippen LogP contribution in [0.3, 0.4) is 0 Å². The van der Waals surface area contributed by atoms with Crippen LogP contribution in [0.4, 0.5) is 5.69 Å². The van der Waals surface area contributed by atoms with Crippen LogP contribution in [0.25, 0.3) is 17.1 Å². The van der Waals surface area contributed by atoms with Crippen molar-refractivity contribution in [3.63, 3.8) is 0 Å².